The highest BCUT2D eigenvalue weighted by Gasteiger charge is 2.70. The van der Waals surface area contributed by atoms with Gasteiger partial charge in [-0.3, -0.25) is 4.79 Å². The van der Waals surface area contributed by atoms with E-state index >= 15 is 0 Å². The van der Waals surface area contributed by atoms with Gasteiger partial charge in [-0.2, -0.15) is 0 Å². The fourth-order valence-corrected chi connectivity index (χ4v) is 2.47. The van der Waals surface area contributed by atoms with Gasteiger partial charge < -0.3 is 10.8 Å². The van der Waals surface area contributed by atoms with E-state index in [4.69, 9.17) is 10.8 Å². The van der Waals surface area contributed by atoms with Gasteiger partial charge in [-0.05, 0) is 19.3 Å². The van der Waals surface area contributed by atoms with Gasteiger partial charge in [-0.1, -0.05) is 12.8 Å². The molecule has 62 valence electrons. The van der Waals surface area contributed by atoms with Crippen LogP contribution in [0.3, 0.4) is 0 Å². The Kier molecular flexibility index (Phi) is 1.15. The van der Waals surface area contributed by atoms with Crippen LogP contribution in [0.5, 0.6) is 0 Å². The van der Waals surface area contributed by atoms with Gasteiger partial charge in [0.15, 0.2) is 0 Å². The quantitative estimate of drug-likeness (QED) is 0.586. The van der Waals surface area contributed by atoms with Crippen molar-refractivity contribution in [2.45, 2.75) is 37.6 Å². The van der Waals surface area contributed by atoms with E-state index in [2.05, 4.69) is 0 Å². The van der Waals surface area contributed by atoms with Crippen molar-refractivity contribution >= 4 is 5.97 Å². The van der Waals surface area contributed by atoms with E-state index < -0.39 is 11.5 Å². The summed E-state index contributed by atoms with van der Waals surface area (Å²) in [6.45, 7) is 0. The maximum atomic E-state index is 10.7. The Labute approximate surface area is 65.6 Å². The maximum Gasteiger partial charge on any atom is 0.324 e. The van der Waals surface area contributed by atoms with E-state index in [0.717, 1.165) is 25.7 Å². The second-order valence-corrected chi connectivity index (χ2v) is 3.94. The van der Waals surface area contributed by atoms with Crippen LogP contribution in [0.4, 0.5) is 0 Å². The molecular weight excluding hydrogens is 142 g/mol. The average Bonchev–Trinajstić information content (AvgIpc) is 2.38. The minimum Gasteiger partial charge on any atom is -0.480 e. The largest absolute Gasteiger partial charge is 0.480 e. The fourth-order valence-electron chi connectivity index (χ4n) is 2.47. The molecule has 0 bridgehead atoms. The van der Waals surface area contributed by atoms with Gasteiger partial charge in [0.1, 0.15) is 5.54 Å². The number of nitrogens with two attached hydrogens (primary N) is 1. The van der Waals surface area contributed by atoms with Crippen molar-refractivity contribution in [3.8, 4) is 0 Å². The topological polar surface area (TPSA) is 63.3 Å². The Morgan fingerprint density at radius 2 is 1.91 bits per heavy atom. The molecule has 2 aliphatic rings. The van der Waals surface area contributed by atoms with Gasteiger partial charge in [0.05, 0.1) is 0 Å². The van der Waals surface area contributed by atoms with Crippen molar-refractivity contribution in [3.63, 3.8) is 0 Å². The first-order valence-corrected chi connectivity index (χ1v) is 4.13. The zero-order valence-corrected chi connectivity index (χ0v) is 6.47. The van der Waals surface area contributed by atoms with Crippen LogP contribution in [0.15, 0.2) is 0 Å². The average molecular weight is 155 g/mol. The van der Waals surface area contributed by atoms with E-state index in [0.29, 0.717) is 6.42 Å². The van der Waals surface area contributed by atoms with Crippen molar-refractivity contribution in [2.24, 2.45) is 11.1 Å². The van der Waals surface area contributed by atoms with Crippen molar-refractivity contribution < 1.29 is 9.90 Å². The molecule has 1 spiro atoms. The number of aliphatic carboxylic acids is 1. The summed E-state index contributed by atoms with van der Waals surface area (Å²) in [5.74, 6) is -0.806. The second kappa shape index (κ2) is 1.78. The van der Waals surface area contributed by atoms with E-state index in [1.807, 2.05) is 0 Å². The third-order valence-corrected chi connectivity index (χ3v) is 3.38. The third kappa shape index (κ3) is 0.692. The molecule has 0 heterocycles. The van der Waals surface area contributed by atoms with Crippen LogP contribution in [0, 0.1) is 5.41 Å². The molecule has 0 unspecified atom stereocenters. The van der Waals surface area contributed by atoms with Crippen LogP contribution in [0.1, 0.15) is 32.1 Å². The predicted molar refractivity (Wildman–Crippen MR) is 40.1 cm³/mol. The minimum atomic E-state index is -0.858. The summed E-state index contributed by atoms with van der Waals surface area (Å²) in [7, 11) is 0. The Balaban J connectivity index is 2.17. The van der Waals surface area contributed by atoms with Crippen LogP contribution < -0.4 is 5.73 Å². The first kappa shape index (κ1) is 7.10. The lowest BCUT2D eigenvalue weighted by atomic mass is 9.98. The molecule has 0 aromatic carbocycles. The summed E-state index contributed by atoms with van der Waals surface area (Å²) < 4.78 is 0. The lowest BCUT2D eigenvalue weighted by Crippen LogP contribution is -2.38. The lowest BCUT2D eigenvalue weighted by Gasteiger charge is -2.11. The Hall–Kier alpha value is -0.570. The van der Waals surface area contributed by atoms with Crippen LogP contribution in [0.2, 0.25) is 0 Å². The highest BCUT2D eigenvalue weighted by molar-refractivity contribution is 5.84. The molecule has 0 aromatic heterocycles. The number of rotatable bonds is 1. The molecule has 2 rings (SSSR count). The molecule has 2 aliphatic carbocycles. The third-order valence-electron chi connectivity index (χ3n) is 3.38. The summed E-state index contributed by atoms with van der Waals surface area (Å²) in [6, 6.07) is 0. The molecule has 1 atom stereocenters. The molecule has 0 radical (unpaired) electrons. The first-order chi connectivity index (χ1) is 5.11. The van der Waals surface area contributed by atoms with Gasteiger partial charge in [0.25, 0.3) is 0 Å². The molecular formula is C8H13NO2. The van der Waals surface area contributed by atoms with Crippen molar-refractivity contribution in [2.75, 3.05) is 0 Å². The number of carboxylic acids is 1. The zero-order valence-electron chi connectivity index (χ0n) is 6.47. The van der Waals surface area contributed by atoms with Crippen LogP contribution >= 0.6 is 0 Å². The van der Waals surface area contributed by atoms with Crippen LogP contribution in [-0.4, -0.2) is 16.6 Å². The van der Waals surface area contributed by atoms with Crippen molar-refractivity contribution in [1.82, 2.24) is 0 Å². The van der Waals surface area contributed by atoms with E-state index in [1.54, 1.807) is 0 Å². The summed E-state index contributed by atoms with van der Waals surface area (Å²) in [4.78, 5) is 10.7. The highest BCUT2D eigenvalue weighted by Crippen LogP contribution is 2.64. The number of carboxylic acid groups (broad SMARTS) is 1. The molecule has 3 heteroatoms. The van der Waals surface area contributed by atoms with Gasteiger partial charge >= 0.3 is 5.97 Å². The van der Waals surface area contributed by atoms with Gasteiger partial charge in [0, 0.05) is 5.41 Å². The molecule has 2 fully saturated rings. The van der Waals surface area contributed by atoms with E-state index in [-0.39, 0.29) is 5.41 Å². The van der Waals surface area contributed by atoms with Crippen molar-refractivity contribution in [1.29, 1.82) is 0 Å². The van der Waals surface area contributed by atoms with Gasteiger partial charge in [-0.25, -0.2) is 0 Å². The molecule has 3 N–H and O–H groups in total. The summed E-state index contributed by atoms with van der Waals surface area (Å²) >= 11 is 0. The molecule has 11 heavy (non-hydrogen) atoms. The SMILES string of the molecule is N[C@]1(C(=O)O)CC12CCCC2. The summed E-state index contributed by atoms with van der Waals surface area (Å²) in [5.41, 5.74) is 4.87. The normalized spacial score (nSPS) is 39.4. The minimum absolute atomic E-state index is 0.00116. The lowest BCUT2D eigenvalue weighted by molar-refractivity contribution is -0.140. The van der Waals surface area contributed by atoms with E-state index in [1.165, 1.54) is 0 Å². The number of hydrogen-bond acceptors (Lipinski definition) is 2. The molecule has 0 aromatic rings. The molecule has 2 saturated carbocycles. The Morgan fingerprint density at radius 1 is 1.36 bits per heavy atom. The van der Waals surface area contributed by atoms with Crippen LogP contribution in [-0.2, 0) is 4.79 Å². The number of carbonyl (C=O) groups is 1. The Morgan fingerprint density at radius 3 is 2.27 bits per heavy atom. The second-order valence-electron chi connectivity index (χ2n) is 3.94. The predicted octanol–water partition coefficient (Wildman–Crippen LogP) is 0.733. The number of hydrogen-bond donors (Lipinski definition) is 2. The maximum absolute atomic E-state index is 10.7. The molecule has 3 nitrogen and oxygen atoms in total. The van der Waals surface area contributed by atoms with Crippen molar-refractivity contribution in [3.05, 3.63) is 0 Å². The monoisotopic (exact) mass is 155 g/mol. The Bertz CT molecular complexity index is 208. The van der Waals surface area contributed by atoms with Gasteiger partial charge in [0.2, 0.25) is 0 Å². The summed E-state index contributed by atoms with van der Waals surface area (Å²) in [5, 5.41) is 8.81. The summed E-state index contributed by atoms with van der Waals surface area (Å²) in [6.07, 6.45) is 5.07. The van der Waals surface area contributed by atoms with E-state index in [9.17, 15) is 4.79 Å². The van der Waals surface area contributed by atoms with Gasteiger partial charge in [-0.15, -0.1) is 0 Å². The fraction of sp³-hybridized carbons (Fsp3) is 0.875. The highest BCUT2D eigenvalue weighted by atomic mass is 16.4. The molecule has 0 amide bonds. The first-order valence-electron chi connectivity index (χ1n) is 4.13. The standard InChI is InChI=1S/C8H13NO2/c9-8(6(10)11)5-7(8)3-1-2-4-7/h1-5,9H2,(H,10,11)/t8-/m0/s1. The zero-order chi connectivity index (χ0) is 8.11. The smallest absolute Gasteiger partial charge is 0.324 e. The molecule has 0 saturated heterocycles. The van der Waals surface area contributed by atoms with Crippen LogP contribution in [0.25, 0.3) is 0 Å². The molecule has 0 aliphatic heterocycles.